The Morgan fingerprint density at radius 2 is 2.12 bits per heavy atom. The smallest absolute Gasteiger partial charge is 0.223 e. The molecule has 6 heteroatoms. The Hall–Kier alpha value is -0.620. The van der Waals surface area contributed by atoms with Crippen molar-refractivity contribution in [1.29, 1.82) is 0 Å². The second kappa shape index (κ2) is 4.33. The van der Waals surface area contributed by atoms with Crippen molar-refractivity contribution in [1.82, 2.24) is 10.6 Å². The molecule has 2 atom stereocenters. The lowest BCUT2D eigenvalue weighted by molar-refractivity contribution is -0.127. The molecule has 2 fully saturated rings. The Labute approximate surface area is 95.9 Å². The van der Waals surface area contributed by atoms with E-state index in [2.05, 4.69) is 10.6 Å². The van der Waals surface area contributed by atoms with Crippen molar-refractivity contribution in [3.05, 3.63) is 0 Å². The molecule has 0 saturated carbocycles. The standard InChI is InChI=1S/C10H18N2O3S/c1-7(8-4-11-5-8)10(13)12-9-2-3-16(14,15)6-9/h7-9,11H,2-6H2,1H3,(H,12,13). The first-order chi connectivity index (χ1) is 7.48. The third-order valence-electron chi connectivity index (χ3n) is 3.51. The van der Waals surface area contributed by atoms with E-state index in [0.717, 1.165) is 13.1 Å². The maximum atomic E-state index is 11.8. The Bertz CT molecular complexity index is 376. The minimum atomic E-state index is -2.91. The van der Waals surface area contributed by atoms with Gasteiger partial charge in [-0.05, 0) is 25.4 Å². The van der Waals surface area contributed by atoms with Crippen LogP contribution in [0.5, 0.6) is 0 Å². The van der Waals surface area contributed by atoms with Gasteiger partial charge >= 0.3 is 0 Å². The molecule has 0 aromatic heterocycles. The molecular weight excluding hydrogens is 228 g/mol. The molecule has 0 radical (unpaired) electrons. The van der Waals surface area contributed by atoms with Gasteiger partial charge in [0.05, 0.1) is 11.5 Å². The van der Waals surface area contributed by atoms with Gasteiger partial charge in [0.2, 0.25) is 5.91 Å². The molecule has 0 bridgehead atoms. The highest BCUT2D eigenvalue weighted by molar-refractivity contribution is 7.91. The van der Waals surface area contributed by atoms with Gasteiger partial charge in [0.15, 0.2) is 9.84 Å². The highest BCUT2D eigenvalue weighted by Crippen LogP contribution is 2.17. The molecule has 2 heterocycles. The molecule has 0 aliphatic carbocycles. The zero-order chi connectivity index (χ0) is 11.8. The summed E-state index contributed by atoms with van der Waals surface area (Å²) in [4.78, 5) is 11.8. The van der Waals surface area contributed by atoms with Gasteiger partial charge in [-0.15, -0.1) is 0 Å². The molecule has 2 N–H and O–H groups in total. The Kier molecular flexibility index (Phi) is 3.21. The van der Waals surface area contributed by atoms with Crippen LogP contribution in [0.4, 0.5) is 0 Å². The SMILES string of the molecule is CC(C(=O)NC1CCS(=O)(=O)C1)C1CNC1. The number of carbonyl (C=O) groups excluding carboxylic acids is 1. The van der Waals surface area contributed by atoms with E-state index in [1.165, 1.54) is 0 Å². The van der Waals surface area contributed by atoms with Gasteiger partial charge in [0, 0.05) is 12.0 Å². The van der Waals surface area contributed by atoms with Gasteiger partial charge in [0.1, 0.15) is 0 Å². The van der Waals surface area contributed by atoms with Gasteiger partial charge in [-0.1, -0.05) is 6.92 Å². The van der Waals surface area contributed by atoms with Crippen LogP contribution in [0.2, 0.25) is 0 Å². The fourth-order valence-electron chi connectivity index (χ4n) is 2.12. The topological polar surface area (TPSA) is 75.3 Å². The molecule has 0 aromatic carbocycles. The monoisotopic (exact) mass is 246 g/mol. The molecule has 16 heavy (non-hydrogen) atoms. The van der Waals surface area contributed by atoms with Gasteiger partial charge < -0.3 is 10.6 Å². The van der Waals surface area contributed by atoms with Crippen molar-refractivity contribution in [2.45, 2.75) is 19.4 Å². The van der Waals surface area contributed by atoms with E-state index in [1.807, 2.05) is 6.92 Å². The Morgan fingerprint density at radius 1 is 1.44 bits per heavy atom. The molecule has 5 nitrogen and oxygen atoms in total. The average molecular weight is 246 g/mol. The highest BCUT2D eigenvalue weighted by atomic mass is 32.2. The van der Waals surface area contributed by atoms with Crippen LogP contribution < -0.4 is 10.6 Å². The minimum absolute atomic E-state index is 0.00593. The predicted molar refractivity (Wildman–Crippen MR) is 60.7 cm³/mol. The second-order valence-electron chi connectivity index (χ2n) is 4.82. The summed E-state index contributed by atoms with van der Waals surface area (Å²) in [6, 6.07) is -0.173. The van der Waals surface area contributed by atoms with E-state index in [-0.39, 0.29) is 29.4 Å². The molecule has 0 aromatic rings. The van der Waals surface area contributed by atoms with Crippen LogP contribution >= 0.6 is 0 Å². The lowest BCUT2D eigenvalue weighted by Crippen LogP contribution is -2.51. The van der Waals surface area contributed by atoms with Crippen LogP contribution in [0.3, 0.4) is 0 Å². The van der Waals surface area contributed by atoms with Crippen molar-refractivity contribution in [3.63, 3.8) is 0 Å². The lowest BCUT2D eigenvalue weighted by atomic mass is 9.88. The number of hydrogen-bond acceptors (Lipinski definition) is 4. The summed E-state index contributed by atoms with van der Waals surface area (Å²) in [5.74, 6) is 0.683. The van der Waals surface area contributed by atoms with E-state index in [0.29, 0.717) is 12.3 Å². The van der Waals surface area contributed by atoms with Crippen molar-refractivity contribution >= 4 is 15.7 Å². The van der Waals surface area contributed by atoms with E-state index in [1.54, 1.807) is 0 Å². The third kappa shape index (κ3) is 2.55. The molecule has 2 rings (SSSR count). The molecule has 2 unspecified atom stereocenters. The maximum absolute atomic E-state index is 11.8. The summed E-state index contributed by atoms with van der Waals surface area (Å²) < 4.78 is 22.5. The molecule has 2 saturated heterocycles. The predicted octanol–water partition coefficient (Wildman–Crippen LogP) is -0.855. The molecule has 1 amide bonds. The zero-order valence-corrected chi connectivity index (χ0v) is 10.2. The van der Waals surface area contributed by atoms with Crippen molar-refractivity contribution in [2.75, 3.05) is 24.6 Å². The summed E-state index contributed by atoms with van der Waals surface area (Å²) in [6.45, 7) is 3.68. The number of hydrogen-bond donors (Lipinski definition) is 2. The first-order valence-electron chi connectivity index (χ1n) is 5.69. The fourth-order valence-corrected chi connectivity index (χ4v) is 3.79. The number of rotatable bonds is 3. The summed E-state index contributed by atoms with van der Waals surface area (Å²) in [6.07, 6.45) is 0.559. The fraction of sp³-hybridized carbons (Fsp3) is 0.900. The Morgan fingerprint density at radius 3 is 2.56 bits per heavy atom. The van der Waals surface area contributed by atoms with Crippen LogP contribution in [0, 0.1) is 11.8 Å². The minimum Gasteiger partial charge on any atom is -0.352 e. The summed E-state index contributed by atoms with van der Waals surface area (Å²) in [5.41, 5.74) is 0. The lowest BCUT2D eigenvalue weighted by Gasteiger charge is -2.32. The molecule has 2 aliphatic rings. The first kappa shape index (κ1) is 11.9. The number of carbonyl (C=O) groups is 1. The van der Waals surface area contributed by atoms with Crippen molar-refractivity contribution in [2.24, 2.45) is 11.8 Å². The number of amides is 1. The number of sulfone groups is 1. The van der Waals surface area contributed by atoms with Crippen LogP contribution in [0.15, 0.2) is 0 Å². The molecule has 0 spiro atoms. The van der Waals surface area contributed by atoms with E-state index >= 15 is 0 Å². The zero-order valence-electron chi connectivity index (χ0n) is 9.40. The highest BCUT2D eigenvalue weighted by Gasteiger charge is 2.33. The summed E-state index contributed by atoms with van der Waals surface area (Å²) in [7, 11) is -2.91. The third-order valence-corrected chi connectivity index (χ3v) is 5.28. The van der Waals surface area contributed by atoms with Gasteiger partial charge in [-0.3, -0.25) is 4.79 Å². The van der Waals surface area contributed by atoms with Gasteiger partial charge in [-0.2, -0.15) is 0 Å². The van der Waals surface area contributed by atoms with Crippen LogP contribution in [-0.2, 0) is 14.6 Å². The van der Waals surface area contributed by atoms with Crippen molar-refractivity contribution in [3.8, 4) is 0 Å². The largest absolute Gasteiger partial charge is 0.352 e. The maximum Gasteiger partial charge on any atom is 0.223 e. The first-order valence-corrected chi connectivity index (χ1v) is 7.51. The summed E-state index contributed by atoms with van der Waals surface area (Å²) >= 11 is 0. The van der Waals surface area contributed by atoms with Crippen LogP contribution in [0.25, 0.3) is 0 Å². The van der Waals surface area contributed by atoms with Crippen LogP contribution in [0.1, 0.15) is 13.3 Å². The second-order valence-corrected chi connectivity index (χ2v) is 7.04. The van der Waals surface area contributed by atoms with Crippen LogP contribution in [-0.4, -0.2) is 45.0 Å². The van der Waals surface area contributed by atoms with E-state index in [4.69, 9.17) is 0 Å². The molecular formula is C10H18N2O3S. The van der Waals surface area contributed by atoms with Crippen molar-refractivity contribution < 1.29 is 13.2 Å². The molecule has 92 valence electrons. The Balaban J connectivity index is 1.83. The van der Waals surface area contributed by atoms with E-state index < -0.39 is 9.84 Å². The van der Waals surface area contributed by atoms with Gasteiger partial charge in [0.25, 0.3) is 0 Å². The molecule has 2 aliphatic heterocycles. The average Bonchev–Trinajstić information content (AvgIpc) is 2.42. The van der Waals surface area contributed by atoms with Gasteiger partial charge in [-0.25, -0.2) is 8.42 Å². The van der Waals surface area contributed by atoms with E-state index in [9.17, 15) is 13.2 Å². The summed E-state index contributed by atoms with van der Waals surface area (Å²) in [5, 5.41) is 5.97. The number of nitrogens with one attached hydrogen (secondary N) is 2. The quantitative estimate of drug-likeness (QED) is 0.680. The normalized spacial score (nSPS) is 30.7.